The Morgan fingerprint density at radius 2 is 2.33 bits per heavy atom. The van der Waals surface area contributed by atoms with Gasteiger partial charge in [-0.15, -0.1) is 9.24 Å². The highest BCUT2D eigenvalue weighted by Crippen LogP contribution is 2.17. The molecule has 9 heavy (non-hydrogen) atoms. The molecule has 2 nitrogen and oxygen atoms in total. The van der Waals surface area contributed by atoms with Gasteiger partial charge < -0.3 is 0 Å². The van der Waals surface area contributed by atoms with Crippen molar-refractivity contribution in [1.29, 1.82) is 0 Å². The molecule has 0 fully saturated rings. The van der Waals surface area contributed by atoms with E-state index in [0.29, 0.717) is 5.66 Å². The van der Waals surface area contributed by atoms with Crippen LogP contribution in [0.2, 0.25) is 0 Å². The van der Waals surface area contributed by atoms with Crippen molar-refractivity contribution in [3.05, 3.63) is 24.3 Å². The van der Waals surface area contributed by atoms with Crippen LogP contribution in [-0.2, 0) is 0 Å². The summed E-state index contributed by atoms with van der Waals surface area (Å²) in [7, 11) is 2.67. The van der Waals surface area contributed by atoms with Gasteiger partial charge >= 0.3 is 0 Å². The van der Waals surface area contributed by atoms with Crippen LogP contribution in [0.3, 0.4) is 0 Å². The molecule has 0 saturated heterocycles. The highest BCUT2D eigenvalue weighted by Gasteiger charge is 1.96. The quantitative estimate of drug-likeness (QED) is 0.551. The van der Waals surface area contributed by atoms with Crippen LogP contribution >= 0.6 is 9.24 Å². The number of nitrogens with zero attached hydrogens (tertiary/aromatic N) is 2. The molecule has 0 aliphatic rings. The van der Waals surface area contributed by atoms with Gasteiger partial charge in [0.2, 0.25) is 0 Å². The maximum Gasteiger partial charge on any atom is 0.0652 e. The Hall–Kier alpha value is -0.490. The van der Waals surface area contributed by atoms with E-state index in [0.717, 1.165) is 5.69 Å². The lowest BCUT2D eigenvalue weighted by Gasteiger charge is -1.99. The normalized spacial score (nSPS) is 13.1. The number of aromatic nitrogens is 2. The number of rotatable bonds is 1. The van der Waals surface area contributed by atoms with Gasteiger partial charge in [-0.25, -0.2) is 0 Å². The lowest BCUT2D eigenvalue weighted by molar-refractivity contribution is 0.978. The van der Waals surface area contributed by atoms with Crippen molar-refractivity contribution in [1.82, 2.24) is 9.97 Å². The first-order chi connectivity index (χ1) is 4.30. The van der Waals surface area contributed by atoms with Crippen molar-refractivity contribution in [2.24, 2.45) is 0 Å². The van der Waals surface area contributed by atoms with E-state index in [-0.39, 0.29) is 0 Å². The fraction of sp³-hybridized carbons (Fsp3) is 0.333. The Kier molecular flexibility index (Phi) is 2.12. The fourth-order valence-corrected chi connectivity index (χ4v) is 0.718. The summed E-state index contributed by atoms with van der Waals surface area (Å²) < 4.78 is 0. The lowest BCUT2D eigenvalue weighted by atomic mass is 10.3. The summed E-state index contributed by atoms with van der Waals surface area (Å²) in [6.07, 6.45) is 5.16. The zero-order valence-corrected chi connectivity index (χ0v) is 6.44. The molecule has 3 heteroatoms. The zero-order chi connectivity index (χ0) is 6.69. The summed E-state index contributed by atoms with van der Waals surface area (Å²) in [5.41, 5.74) is 1.42. The van der Waals surface area contributed by atoms with E-state index in [1.807, 2.05) is 0 Å². The predicted octanol–water partition coefficient (Wildman–Crippen LogP) is 1.41. The average molecular weight is 140 g/mol. The van der Waals surface area contributed by atoms with Crippen LogP contribution in [0.1, 0.15) is 18.3 Å². The molecular formula is C6H9N2P. The van der Waals surface area contributed by atoms with Gasteiger partial charge in [0.05, 0.1) is 5.69 Å². The topological polar surface area (TPSA) is 25.8 Å². The third-order valence-corrected chi connectivity index (χ3v) is 1.39. The van der Waals surface area contributed by atoms with E-state index < -0.39 is 0 Å². The molecule has 0 aliphatic carbocycles. The minimum absolute atomic E-state index is 0.402. The van der Waals surface area contributed by atoms with Crippen molar-refractivity contribution in [2.75, 3.05) is 0 Å². The standard InChI is InChI=1S/C6H9N2P/c1-5(9)6-4-7-2-3-8-6/h2-5H,9H2,1H3. The van der Waals surface area contributed by atoms with E-state index in [1.165, 1.54) is 0 Å². The van der Waals surface area contributed by atoms with Crippen molar-refractivity contribution in [2.45, 2.75) is 12.6 Å². The van der Waals surface area contributed by atoms with Crippen molar-refractivity contribution in [3.8, 4) is 0 Å². The molecule has 2 atom stereocenters. The molecule has 0 bridgehead atoms. The lowest BCUT2D eigenvalue weighted by Crippen LogP contribution is -1.88. The Bertz CT molecular complexity index is 174. The summed E-state index contributed by atoms with van der Waals surface area (Å²) in [6, 6.07) is 0. The van der Waals surface area contributed by atoms with E-state index in [2.05, 4.69) is 26.1 Å². The van der Waals surface area contributed by atoms with Crippen LogP contribution in [-0.4, -0.2) is 9.97 Å². The van der Waals surface area contributed by atoms with Crippen LogP contribution in [0, 0.1) is 0 Å². The molecule has 0 aromatic carbocycles. The molecule has 0 aliphatic heterocycles. The van der Waals surface area contributed by atoms with Gasteiger partial charge in [0.15, 0.2) is 0 Å². The summed E-state index contributed by atoms with van der Waals surface area (Å²) in [5, 5.41) is 0. The Balaban J connectivity index is 2.85. The van der Waals surface area contributed by atoms with Crippen LogP contribution in [0.4, 0.5) is 0 Å². The van der Waals surface area contributed by atoms with Gasteiger partial charge in [0.1, 0.15) is 0 Å². The van der Waals surface area contributed by atoms with E-state index in [9.17, 15) is 0 Å². The number of hydrogen-bond donors (Lipinski definition) is 0. The molecule has 1 heterocycles. The largest absolute Gasteiger partial charge is 0.261 e. The van der Waals surface area contributed by atoms with E-state index in [1.54, 1.807) is 18.6 Å². The smallest absolute Gasteiger partial charge is 0.0652 e. The second-order valence-corrected chi connectivity index (χ2v) is 2.92. The van der Waals surface area contributed by atoms with Crippen LogP contribution in [0.5, 0.6) is 0 Å². The maximum absolute atomic E-state index is 4.09. The Labute approximate surface area is 56.9 Å². The Morgan fingerprint density at radius 1 is 1.56 bits per heavy atom. The third-order valence-electron chi connectivity index (χ3n) is 1.05. The summed E-state index contributed by atoms with van der Waals surface area (Å²) in [4.78, 5) is 8.02. The molecule has 2 unspecified atom stereocenters. The van der Waals surface area contributed by atoms with Gasteiger partial charge in [-0.05, 0) is 0 Å². The molecule has 0 amide bonds. The van der Waals surface area contributed by atoms with Gasteiger partial charge in [-0.1, -0.05) is 6.92 Å². The van der Waals surface area contributed by atoms with Gasteiger partial charge in [-0.3, -0.25) is 9.97 Å². The van der Waals surface area contributed by atoms with Crippen LogP contribution in [0.15, 0.2) is 18.6 Å². The predicted molar refractivity (Wildman–Crippen MR) is 40.2 cm³/mol. The van der Waals surface area contributed by atoms with Gasteiger partial charge in [0.25, 0.3) is 0 Å². The van der Waals surface area contributed by atoms with E-state index >= 15 is 0 Å². The molecule has 0 saturated carbocycles. The minimum atomic E-state index is 0.402. The summed E-state index contributed by atoms with van der Waals surface area (Å²) in [5.74, 6) is 0. The Morgan fingerprint density at radius 3 is 2.67 bits per heavy atom. The monoisotopic (exact) mass is 140 g/mol. The maximum atomic E-state index is 4.09. The average Bonchev–Trinajstić information content (AvgIpc) is 1.90. The number of hydrogen-bond acceptors (Lipinski definition) is 2. The first kappa shape index (κ1) is 6.63. The molecule has 1 aromatic heterocycles. The van der Waals surface area contributed by atoms with Gasteiger partial charge in [-0.2, -0.15) is 0 Å². The highest BCUT2D eigenvalue weighted by atomic mass is 31.0. The molecule has 48 valence electrons. The van der Waals surface area contributed by atoms with Gasteiger partial charge in [0, 0.05) is 24.2 Å². The first-order valence-corrected chi connectivity index (χ1v) is 3.49. The molecule has 0 spiro atoms. The first-order valence-electron chi connectivity index (χ1n) is 2.82. The highest BCUT2D eigenvalue weighted by molar-refractivity contribution is 7.17. The van der Waals surface area contributed by atoms with Crippen LogP contribution < -0.4 is 0 Å². The molecule has 1 rings (SSSR count). The summed E-state index contributed by atoms with van der Waals surface area (Å²) in [6.45, 7) is 2.06. The van der Waals surface area contributed by atoms with Crippen molar-refractivity contribution in [3.63, 3.8) is 0 Å². The van der Waals surface area contributed by atoms with E-state index in [4.69, 9.17) is 0 Å². The second-order valence-electron chi connectivity index (χ2n) is 1.92. The molecular weight excluding hydrogens is 131 g/mol. The third kappa shape index (κ3) is 1.72. The molecule has 0 N–H and O–H groups in total. The fourth-order valence-electron chi connectivity index (χ4n) is 0.546. The second kappa shape index (κ2) is 2.88. The molecule has 0 radical (unpaired) electrons. The minimum Gasteiger partial charge on any atom is -0.261 e. The van der Waals surface area contributed by atoms with Crippen molar-refractivity contribution >= 4 is 9.24 Å². The van der Waals surface area contributed by atoms with Crippen LogP contribution in [0.25, 0.3) is 0 Å². The summed E-state index contributed by atoms with van der Waals surface area (Å²) >= 11 is 0. The molecule has 1 aromatic rings. The SMILES string of the molecule is CC(P)c1cnccn1. The van der Waals surface area contributed by atoms with Crippen molar-refractivity contribution < 1.29 is 0 Å². The zero-order valence-electron chi connectivity index (χ0n) is 5.28.